The molecular formula is C13H27N3. The molecule has 3 nitrogen and oxygen atoms in total. The van der Waals surface area contributed by atoms with Gasteiger partial charge in [-0.2, -0.15) is 0 Å². The monoisotopic (exact) mass is 225 g/mol. The van der Waals surface area contributed by atoms with E-state index in [0.29, 0.717) is 0 Å². The van der Waals surface area contributed by atoms with Crippen molar-refractivity contribution in [2.24, 2.45) is 5.92 Å². The van der Waals surface area contributed by atoms with E-state index in [2.05, 4.69) is 35.7 Å². The highest BCUT2D eigenvalue weighted by atomic mass is 15.2. The van der Waals surface area contributed by atoms with Crippen molar-refractivity contribution in [1.82, 2.24) is 14.7 Å². The Labute approximate surface area is 100 Å². The van der Waals surface area contributed by atoms with Gasteiger partial charge in [-0.1, -0.05) is 6.92 Å². The van der Waals surface area contributed by atoms with Gasteiger partial charge in [0.05, 0.1) is 0 Å². The average molecular weight is 225 g/mol. The van der Waals surface area contributed by atoms with Crippen molar-refractivity contribution >= 4 is 0 Å². The Kier molecular flexibility index (Phi) is 4.22. The van der Waals surface area contributed by atoms with Gasteiger partial charge in [0.1, 0.15) is 0 Å². The molecular weight excluding hydrogens is 198 g/mol. The third kappa shape index (κ3) is 2.96. The molecule has 2 saturated heterocycles. The van der Waals surface area contributed by atoms with Crippen LogP contribution in [0.3, 0.4) is 0 Å². The number of rotatable bonds is 5. The fourth-order valence-electron chi connectivity index (χ4n) is 3.17. The maximum absolute atomic E-state index is 2.70. The Balaban J connectivity index is 1.69. The molecule has 3 heteroatoms. The highest BCUT2D eigenvalue weighted by Gasteiger charge is 2.27. The number of hydrogen-bond acceptors (Lipinski definition) is 3. The molecule has 0 aromatic carbocycles. The Morgan fingerprint density at radius 3 is 2.38 bits per heavy atom. The van der Waals surface area contributed by atoms with Gasteiger partial charge in [0.15, 0.2) is 0 Å². The van der Waals surface area contributed by atoms with E-state index < -0.39 is 0 Å². The SMILES string of the molecule is CCN(CCC1CN(C)C1)C1CCN(C)C1. The zero-order valence-corrected chi connectivity index (χ0v) is 11.2. The zero-order valence-electron chi connectivity index (χ0n) is 11.2. The first-order chi connectivity index (χ1) is 7.69. The van der Waals surface area contributed by atoms with Crippen LogP contribution in [0.1, 0.15) is 19.8 Å². The van der Waals surface area contributed by atoms with Crippen LogP contribution in [0.5, 0.6) is 0 Å². The van der Waals surface area contributed by atoms with Crippen LogP contribution in [-0.2, 0) is 0 Å². The minimum atomic E-state index is 0.827. The van der Waals surface area contributed by atoms with Gasteiger partial charge in [0, 0.05) is 25.7 Å². The Morgan fingerprint density at radius 1 is 1.12 bits per heavy atom. The standard InChI is InChI=1S/C13H27N3/c1-4-16(13-6-7-14(2)11-13)8-5-12-9-15(3)10-12/h12-13H,4-11H2,1-3H3. The zero-order chi connectivity index (χ0) is 11.5. The van der Waals surface area contributed by atoms with Gasteiger partial charge in [-0.3, -0.25) is 4.90 Å². The van der Waals surface area contributed by atoms with Gasteiger partial charge in [-0.15, -0.1) is 0 Å². The van der Waals surface area contributed by atoms with Crippen LogP contribution < -0.4 is 0 Å². The second-order valence-corrected chi connectivity index (χ2v) is 5.71. The molecule has 0 amide bonds. The largest absolute Gasteiger partial charge is 0.306 e. The summed E-state index contributed by atoms with van der Waals surface area (Å²) in [4.78, 5) is 7.58. The fraction of sp³-hybridized carbons (Fsp3) is 1.00. The lowest BCUT2D eigenvalue weighted by atomic mass is 9.96. The molecule has 0 N–H and O–H groups in total. The normalized spacial score (nSPS) is 28.9. The van der Waals surface area contributed by atoms with Crippen molar-refractivity contribution in [3.05, 3.63) is 0 Å². The summed E-state index contributed by atoms with van der Waals surface area (Å²) in [6.07, 6.45) is 2.77. The molecule has 0 aromatic heterocycles. The first-order valence-electron chi connectivity index (χ1n) is 6.80. The average Bonchev–Trinajstić information content (AvgIpc) is 2.63. The van der Waals surface area contributed by atoms with E-state index >= 15 is 0 Å². The number of nitrogens with zero attached hydrogens (tertiary/aromatic N) is 3. The summed E-state index contributed by atoms with van der Waals surface area (Å²) in [5.41, 5.74) is 0. The van der Waals surface area contributed by atoms with Gasteiger partial charge in [0.25, 0.3) is 0 Å². The Bertz CT molecular complexity index is 213. The highest BCUT2D eigenvalue weighted by molar-refractivity contribution is 4.83. The summed E-state index contributed by atoms with van der Waals surface area (Å²) in [5.74, 6) is 0.971. The van der Waals surface area contributed by atoms with Crippen LogP contribution >= 0.6 is 0 Å². The van der Waals surface area contributed by atoms with Crippen LogP contribution in [0.15, 0.2) is 0 Å². The van der Waals surface area contributed by atoms with Crippen LogP contribution in [-0.4, -0.2) is 74.1 Å². The van der Waals surface area contributed by atoms with Gasteiger partial charge in [-0.25, -0.2) is 0 Å². The van der Waals surface area contributed by atoms with E-state index in [9.17, 15) is 0 Å². The number of likely N-dealkylation sites (tertiary alicyclic amines) is 2. The summed E-state index contributed by atoms with van der Waals surface area (Å²) in [7, 11) is 4.47. The Hall–Kier alpha value is -0.120. The summed E-state index contributed by atoms with van der Waals surface area (Å²) < 4.78 is 0. The van der Waals surface area contributed by atoms with Gasteiger partial charge in [0.2, 0.25) is 0 Å². The van der Waals surface area contributed by atoms with Crippen molar-refractivity contribution in [1.29, 1.82) is 0 Å². The van der Waals surface area contributed by atoms with E-state index in [1.165, 1.54) is 52.1 Å². The molecule has 0 bridgehead atoms. The van der Waals surface area contributed by atoms with Crippen molar-refractivity contribution < 1.29 is 0 Å². The molecule has 0 spiro atoms. The van der Waals surface area contributed by atoms with Crippen LogP contribution in [0.4, 0.5) is 0 Å². The predicted octanol–water partition coefficient (Wildman–Crippen LogP) is 0.964. The van der Waals surface area contributed by atoms with E-state index in [1.54, 1.807) is 0 Å². The first kappa shape index (κ1) is 12.3. The van der Waals surface area contributed by atoms with Gasteiger partial charge < -0.3 is 9.80 Å². The molecule has 1 unspecified atom stereocenters. The highest BCUT2D eigenvalue weighted by Crippen LogP contribution is 2.19. The fourth-order valence-corrected chi connectivity index (χ4v) is 3.17. The second-order valence-electron chi connectivity index (χ2n) is 5.71. The Morgan fingerprint density at radius 2 is 1.88 bits per heavy atom. The topological polar surface area (TPSA) is 9.72 Å². The minimum Gasteiger partial charge on any atom is -0.306 e. The molecule has 94 valence electrons. The molecule has 2 rings (SSSR count). The van der Waals surface area contributed by atoms with Crippen LogP contribution in [0.25, 0.3) is 0 Å². The van der Waals surface area contributed by atoms with E-state index in [-0.39, 0.29) is 0 Å². The lowest BCUT2D eigenvalue weighted by Crippen LogP contribution is -2.46. The smallest absolute Gasteiger partial charge is 0.0235 e. The summed E-state index contributed by atoms with van der Waals surface area (Å²) in [6, 6.07) is 0.827. The summed E-state index contributed by atoms with van der Waals surface area (Å²) >= 11 is 0. The third-order valence-electron chi connectivity index (χ3n) is 4.25. The maximum atomic E-state index is 2.70. The van der Waals surface area contributed by atoms with Crippen LogP contribution in [0, 0.1) is 5.92 Å². The molecule has 0 aromatic rings. The quantitative estimate of drug-likeness (QED) is 0.690. The number of hydrogen-bond donors (Lipinski definition) is 0. The van der Waals surface area contributed by atoms with Crippen molar-refractivity contribution in [3.8, 4) is 0 Å². The molecule has 16 heavy (non-hydrogen) atoms. The van der Waals surface area contributed by atoms with Crippen LogP contribution in [0.2, 0.25) is 0 Å². The summed E-state index contributed by atoms with van der Waals surface area (Å²) in [5, 5.41) is 0. The molecule has 0 radical (unpaired) electrons. The van der Waals surface area contributed by atoms with E-state index in [4.69, 9.17) is 0 Å². The molecule has 2 heterocycles. The second kappa shape index (κ2) is 5.48. The van der Waals surface area contributed by atoms with E-state index in [0.717, 1.165) is 12.0 Å². The first-order valence-corrected chi connectivity index (χ1v) is 6.80. The minimum absolute atomic E-state index is 0.827. The van der Waals surface area contributed by atoms with Gasteiger partial charge in [-0.05, 0) is 52.5 Å². The lowest BCUT2D eigenvalue weighted by molar-refractivity contribution is 0.104. The maximum Gasteiger partial charge on any atom is 0.0235 e. The van der Waals surface area contributed by atoms with Crippen molar-refractivity contribution in [2.75, 3.05) is 53.4 Å². The molecule has 1 atom stereocenters. The van der Waals surface area contributed by atoms with Crippen molar-refractivity contribution in [2.45, 2.75) is 25.8 Å². The third-order valence-corrected chi connectivity index (χ3v) is 4.25. The van der Waals surface area contributed by atoms with Gasteiger partial charge >= 0.3 is 0 Å². The molecule has 0 aliphatic carbocycles. The molecule has 2 fully saturated rings. The molecule has 2 aliphatic heterocycles. The lowest BCUT2D eigenvalue weighted by Gasteiger charge is -2.38. The molecule has 0 saturated carbocycles. The predicted molar refractivity (Wildman–Crippen MR) is 68.8 cm³/mol. The summed E-state index contributed by atoms with van der Waals surface area (Å²) in [6.45, 7) is 10.1. The number of likely N-dealkylation sites (N-methyl/N-ethyl adjacent to an activating group) is 2. The van der Waals surface area contributed by atoms with E-state index in [1.807, 2.05) is 0 Å². The van der Waals surface area contributed by atoms with Crippen molar-refractivity contribution in [3.63, 3.8) is 0 Å². The molecule has 2 aliphatic rings.